The van der Waals surface area contributed by atoms with Crippen LogP contribution in [-0.4, -0.2) is 43.2 Å². The summed E-state index contributed by atoms with van der Waals surface area (Å²) in [4.78, 5) is 17.4. The van der Waals surface area contributed by atoms with E-state index < -0.39 is 0 Å². The van der Waals surface area contributed by atoms with Crippen molar-refractivity contribution < 1.29 is 14.1 Å². The molecule has 0 bridgehead atoms. The van der Waals surface area contributed by atoms with Gasteiger partial charge in [0.25, 0.3) is 5.95 Å². The van der Waals surface area contributed by atoms with Gasteiger partial charge in [-0.25, -0.2) is 0 Å². The van der Waals surface area contributed by atoms with Gasteiger partial charge >= 0.3 is 0 Å². The largest absolute Gasteiger partial charge is 0.380 e. The maximum absolute atomic E-state index is 11.6. The molecule has 0 aromatic carbocycles. The van der Waals surface area contributed by atoms with Crippen molar-refractivity contribution in [2.75, 3.05) is 32.2 Å². The van der Waals surface area contributed by atoms with Crippen molar-refractivity contribution in [2.45, 2.75) is 12.3 Å². The summed E-state index contributed by atoms with van der Waals surface area (Å²) in [5, 5.41) is 3.76. The molecule has 0 amide bonds. The van der Waals surface area contributed by atoms with Gasteiger partial charge in [-0.3, -0.25) is 4.79 Å². The Morgan fingerprint density at radius 3 is 2.87 bits per heavy atom. The molecule has 1 saturated heterocycles. The van der Waals surface area contributed by atoms with Gasteiger partial charge in [0.15, 0.2) is 0 Å². The third-order valence-corrected chi connectivity index (χ3v) is 2.30. The first-order valence-electron chi connectivity index (χ1n) is 4.80. The van der Waals surface area contributed by atoms with Crippen molar-refractivity contribution in [1.82, 2.24) is 10.1 Å². The van der Waals surface area contributed by atoms with E-state index in [0.717, 1.165) is 0 Å². The van der Waals surface area contributed by atoms with Gasteiger partial charge in [0.2, 0.25) is 5.89 Å². The highest BCUT2D eigenvalue weighted by Crippen LogP contribution is 2.22. The van der Waals surface area contributed by atoms with E-state index in [1.54, 1.807) is 4.90 Å². The van der Waals surface area contributed by atoms with E-state index in [4.69, 9.17) is 9.26 Å². The van der Waals surface area contributed by atoms with Gasteiger partial charge in [0, 0.05) is 20.5 Å². The first kappa shape index (κ1) is 10.1. The standard InChI is InChI=1S/C9H13N3O3/c1-12(2)9-10-8(15-11-9)6-5-14-4-3-7(6)13/h6H,3-5H2,1-2H3. The Labute approximate surface area is 87.2 Å². The van der Waals surface area contributed by atoms with Crippen LogP contribution in [0.15, 0.2) is 4.52 Å². The van der Waals surface area contributed by atoms with E-state index in [1.807, 2.05) is 14.1 Å². The Balaban J connectivity index is 2.17. The van der Waals surface area contributed by atoms with Crippen LogP contribution in [0.3, 0.4) is 0 Å². The lowest BCUT2D eigenvalue weighted by Crippen LogP contribution is -2.26. The summed E-state index contributed by atoms with van der Waals surface area (Å²) >= 11 is 0. The number of nitrogens with zero attached hydrogens (tertiary/aromatic N) is 3. The second-order valence-electron chi connectivity index (χ2n) is 3.67. The van der Waals surface area contributed by atoms with Crippen LogP contribution in [0, 0.1) is 0 Å². The van der Waals surface area contributed by atoms with Crippen molar-refractivity contribution in [3.63, 3.8) is 0 Å². The van der Waals surface area contributed by atoms with Crippen molar-refractivity contribution in [3.05, 3.63) is 5.89 Å². The van der Waals surface area contributed by atoms with E-state index in [-0.39, 0.29) is 11.7 Å². The Morgan fingerprint density at radius 1 is 1.47 bits per heavy atom. The molecular formula is C9H13N3O3. The van der Waals surface area contributed by atoms with Crippen molar-refractivity contribution in [3.8, 4) is 0 Å². The predicted octanol–water partition coefficient (Wildman–Crippen LogP) is 0.209. The lowest BCUT2D eigenvalue weighted by atomic mass is 10.0. The van der Waals surface area contributed by atoms with Gasteiger partial charge in [0.1, 0.15) is 11.7 Å². The molecule has 0 radical (unpaired) electrons. The molecule has 0 aliphatic carbocycles. The monoisotopic (exact) mass is 211 g/mol. The first-order valence-corrected chi connectivity index (χ1v) is 4.80. The molecule has 1 atom stereocenters. The van der Waals surface area contributed by atoms with Gasteiger partial charge in [-0.2, -0.15) is 4.98 Å². The highest BCUT2D eigenvalue weighted by atomic mass is 16.5. The number of anilines is 1. The minimum atomic E-state index is -0.389. The van der Waals surface area contributed by atoms with Crippen LogP contribution in [-0.2, 0) is 9.53 Å². The molecule has 1 fully saturated rings. The number of ketones is 1. The van der Waals surface area contributed by atoms with Gasteiger partial charge < -0.3 is 14.2 Å². The molecule has 6 nitrogen and oxygen atoms in total. The highest BCUT2D eigenvalue weighted by Gasteiger charge is 2.29. The van der Waals surface area contributed by atoms with E-state index >= 15 is 0 Å². The lowest BCUT2D eigenvalue weighted by Gasteiger charge is -2.17. The Morgan fingerprint density at radius 2 is 2.27 bits per heavy atom. The van der Waals surface area contributed by atoms with Gasteiger partial charge in [0.05, 0.1) is 13.2 Å². The normalized spacial score (nSPS) is 21.7. The number of Topliss-reactive ketones (excluding diaryl/α,β-unsaturated/α-hetero) is 1. The van der Waals surface area contributed by atoms with Crippen LogP contribution < -0.4 is 4.90 Å². The van der Waals surface area contributed by atoms with Gasteiger partial charge in [-0.1, -0.05) is 0 Å². The molecule has 0 N–H and O–H groups in total. The molecule has 1 aliphatic rings. The smallest absolute Gasteiger partial charge is 0.265 e. The van der Waals surface area contributed by atoms with Crippen LogP contribution in [0.1, 0.15) is 18.2 Å². The average Bonchev–Trinajstić information content (AvgIpc) is 2.67. The van der Waals surface area contributed by atoms with Crippen LogP contribution in [0.5, 0.6) is 0 Å². The zero-order valence-corrected chi connectivity index (χ0v) is 8.77. The summed E-state index contributed by atoms with van der Waals surface area (Å²) in [6.07, 6.45) is 0.421. The van der Waals surface area contributed by atoms with Crippen LogP contribution in [0.2, 0.25) is 0 Å². The molecule has 15 heavy (non-hydrogen) atoms. The van der Waals surface area contributed by atoms with Gasteiger partial charge in [-0.05, 0) is 5.16 Å². The van der Waals surface area contributed by atoms with E-state index in [1.165, 1.54) is 0 Å². The van der Waals surface area contributed by atoms with E-state index in [0.29, 0.717) is 31.5 Å². The minimum absolute atomic E-state index is 0.107. The summed E-state index contributed by atoms with van der Waals surface area (Å²) < 4.78 is 10.2. The lowest BCUT2D eigenvalue weighted by molar-refractivity contribution is -0.127. The fourth-order valence-electron chi connectivity index (χ4n) is 1.40. The summed E-state index contributed by atoms with van der Waals surface area (Å²) in [6, 6.07) is 0. The highest BCUT2D eigenvalue weighted by molar-refractivity contribution is 5.85. The fourth-order valence-corrected chi connectivity index (χ4v) is 1.40. The summed E-state index contributed by atoms with van der Waals surface area (Å²) in [6.45, 7) is 0.831. The van der Waals surface area contributed by atoms with Crippen LogP contribution >= 0.6 is 0 Å². The SMILES string of the molecule is CN(C)c1noc(C2COCCC2=O)n1. The van der Waals surface area contributed by atoms with Crippen LogP contribution in [0.25, 0.3) is 0 Å². The summed E-state index contributed by atoms with van der Waals surface area (Å²) in [5.41, 5.74) is 0. The van der Waals surface area contributed by atoms with E-state index in [2.05, 4.69) is 10.1 Å². The molecule has 2 heterocycles. The second kappa shape index (κ2) is 3.98. The summed E-state index contributed by atoms with van der Waals surface area (Å²) in [5.74, 6) is 0.543. The molecule has 1 unspecified atom stereocenters. The number of rotatable bonds is 2. The Kier molecular flexibility index (Phi) is 2.68. The first-order chi connectivity index (χ1) is 7.18. The second-order valence-corrected chi connectivity index (χ2v) is 3.67. The maximum atomic E-state index is 11.6. The minimum Gasteiger partial charge on any atom is -0.380 e. The number of aromatic nitrogens is 2. The number of carbonyl (C=O) groups excluding carboxylic acids is 1. The molecule has 1 aliphatic heterocycles. The number of ether oxygens (including phenoxy) is 1. The predicted molar refractivity (Wildman–Crippen MR) is 51.8 cm³/mol. The summed E-state index contributed by atoms with van der Waals surface area (Å²) in [7, 11) is 3.63. The maximum Gasteiger partial charge on any atom is 0.265 e. The third kappa shape index (κ3) is 1.99. The molecular weight excluding hydrogens is 198 g/mol. The average molecular weight is 211 g/mol. The Bertz CT molecular complexity index is 361. The molecule has 1 aromatic heterocycles. The van der Waals surface area contributed by atoms with Crippen molar-refractivity contribution in [2.24, 2.45) is 0 Å². The fraction of sp³-hybridized carbons (Fsp3) is 0.667. The zero-order chi connectivity index (χ0) is 10.8. The topological polar surface area (TPSA) is 68.5 Å². The molecule has 1 aromatic rings. The number of hydrogen-bond acceptors (Lipinski definition) is 6. The molecule has 0 spiro atoms. The molecule has 82 valence electrons. The molecule has 6 heteroatoms. The quantitative estimate of drug-likeness (QED) is 0.696. The van der Waals surface area contributed by atoms with E-state index in [9.17, 15) is 4.79 Å². The zero-order valence-electron chi connectivity index (χ0n) is 8.77. The van der Waals surface area contributed by atoms with Crippen molar-refractivity contribution in [1.29, 1.82) is 0 Å². The van der Waals surface area contributed by atoms with Crippen LogP contribution in [0.4, 0.5) is 5.95 Å². The number of hydrogen-bond donors (Lipinski definition) is 0. The Hall–Kier alpha value is -1.43. The molecule has 0 saturated carbocycles. The van der Waals surface area contributed by atoms with Crippen molar-refractivity contribution >= 4 is 11.7 Å². The number of carbonyl (C=O) groups is 1. The van der Waals surface area contributed by atoms with Gasteiger partial charge in [-0.15, -0.1) is 0 Å². The molecule has 2 rings (SSSR count). The third-order valence-electron chi connectivity index (χ3n) is 2.30.